The molecule has 2 rings (SSSR count). The van der Waals surface area contributed by atoms with Gasteiger partial charge >= 0.3 is 0 Å². The number of alkyl halides is 1. The minimum absolute atomic E-state index is 0.317. The van der Waals surface area contributed by atoms with Gasteiger partial charge in [0.1, 0.15) is 11.5 Å². The molecule has 0 bridgehead atoms. The van der Waals surface area contributed by atoms with Gasteiger partial charge in [-0.2, -0.15) is 5.10 Å². The molecule has 0 saturated heterocycles. The van der Waals surface area contributed by atoms with E-state index in [4.69, 9.17) is 11.6 Å². The second-order valence-electron chi connectivity index (χ2n) is 2.98. The van der Waals surface area contributed by atoms with Crippen molar-refractivity contribution in [1.82, 2.24) is 9.78 Å². The Morgan fingerprint density at radius 1 is 1.40 bits per heavy atom. The number of hydrogen-bond acceptors (Lipinski definition) is 1. The molecule has 0 fully saturated rings. The molecule has 1 aromatic carbocycles. The summed E-state index contributed by atoms with van der Waals surface area (Å²) in [6, 6.07) is 6.46. The molecule has 0 aliphatic rings. The molecular formula is C10H7BrClFN2. The summed E-state index contributed by atoms with van der Waals surface area (Å²) < 4.78 is 15.7. The molecule has 1 aromatic heterocycles. The molecule has 2 aromatic rings. The number of benzene rings is 1. The van der Waals surface area contributed by atoms with E-state index in [9.17, 15) is 4.39 Å². The second kappa shape index (κ2) is 4.33. The van der Waals surface area contributed by atoms with Gasteiger partial charge in [-0.05, 0) is 24.3 Å². The lowest BCUT2D eigenvalue weighted by Gasteiger charge is -2.03. The van der Waals surface area contributed by atoms with Gasteiger partial charge in [0, 0.05) is 10.7 Å². The van der Waals surface area contributed by atoms with Gasteiger partial charge in [0.15, 0.2) is 0 Å². The van der Waals surface area contributed by atoms with Crippen LogP contribution in [-0.2, 0) is 5.88 Å². The van der Waals surface area contributed by atoms with Crippen LogP contribution in [0, 0.1) is 5.82 Å². The van der Waals surface area contributed by atoms with Gasteiger partial charge < -0.3 is 0 Å². The largest absolute Gasteiger partial charge is 0.238 e. The van der Waals surface area contributed by atoms with E-state index in [2.05, 4.69) is 21.0 Å². The molecule has 2 nitrogen and oxygen atoms in total. The first kappa shape index (κ1) is 10.6. The normalized spacial score (nSPS) is 10.6. The van der Waals surface area contributed by atoms with Gasteiger partial charge in [0.2, 0.25) is 0 Å². The highest BCUT2D eigenvalue weighted by atomic mass is 79.9. The Labute approximate surface area is 99.8 Å². The van der Waals surface area contributed by atoms with E-state index in [1.54, 1.807) is 24.4 Å². The zero-order valence-electron chi connectivity index (χ0n) is 7.62. The molecule has 5 heteroatoms. The molecule has 0 unspecified atom stereocenters. The summed E-state index contributed by atoms with van der Waals surface area (Å²) >= 11 is 8.90. The fourth-order valence-corrected chi connectivity index (χ4v) is 1.72. The Morgan fingerprint density at radius 2 is 2.20 bits per heavy atom. The molecule has 0 N–H and O–H groups in total. The van der Waals surface area contributed by atoms with Gasteiger partial charge in [0.25, 0.3) is 0 Å². The molecule has 0 amide bonds. The summed E-state index contributed by atoms with van der Waals surface area (Å²) in [5, 5.41) is 4.12. The van der Waals surface area contributed by atoms with Crippen LogP contribution in [0.3, 0.4) is 0 Å². The van der Waals surface area contributed by atoms with E-state index in [1.807, 2.05) is 0 Å². The van der Waals surface area contributed by atoms with E-state index >= 15 is 0 Å². The van der Waals surface area contributed by atoms with Crippen LogP contribution < -0.4 is 0 Å². The number of rotatable bonds is 2. The van der Waals surface area contributed by atoms with Crippen molar-refractivity contribution in [1.29, 1.82) is 0 Å². The third-order valence-corrected chi connectivity index (χ3v) is 2.70. The maximum absolute atomic E-state index is 13.5. The molecule has 0 atom stereocenters. The fraction of sp³-hybridized carbons (Fsp3) is 0.100. The van der Waals surface area contributed by atoms with Crippen LogP contribution in [0.5, 0.6) is 0 Å². The average molecular weight is 290 g/mol. The third kappa shape index (κ3) is 2.21. The average Bonchev–Trinajstić information content (AvgIpc) is 2.70. The summed E-state index contributed by atoms with van der Waals surface area (Å²) in [7, 11) is 0. The van der Waals surface area contributed by atoms with Crippen LogP contribution in [0.2, 0.25) is 0 Å². The van der Waals surface area contributed by atoms with E-state index < -0.39 is 0 Å². The van der Waals surface area contributed by atoms with Crippen molar-refractivity contribution in [2.75, 3.05) is 0 Å². The Bertz CT molecular complexity index is 484. The second-order valence-corrected chi connectivity index (χ2v) is 4.16. The molecule has 15 heavy (non-hydrogen) atoms. The molecule has 0 aliphatic heterocycles. The number of nitrogens with zero attached hydrogens (tertiary/aromatic N) is 2. The van der Waals surface area contributed by atoms with Crippen molar-refractivity contribution in [3.05, 3.63) is 46.4 Å². The Hall–Kier alpha value is -0.870. The molecule has 78 valence electrons. The first-order valence-corrected chi connectivity index (χ1v) is 5.59. The van der Waals surface area contributed by atoms with Crippen LogP contribution >= 0.6 is 27.5 Å². The zero-order chi connectivity index (χ0) is 10.8. The first-order valence-electron chi connectivity index (χ1n) is 4.26. The van der Waals surface area contributed by atoms with Crippen LogP contribution in [0.25, 0.3) is 5.69 Å². The zero-order valence-corrected chi connectivity index (χ0v) is 9.96. The number of hydrogen-bond donors (Lipinski definition) is 0. The van der Waals surface area contributed by atoms with E-state index in [0.717, 1.165) is 10.2 Å². The molecule has 0 spiro atoms. The fourth-order valence-electron chi connectivity index (χ4n) is 1.23. The lowest BCUT2D eigenvalue weighted by atomic mass is 10.3. The van der Waals surface area contributed by atoms with Gasteiger partial charge in [0.05, 0.1) is 11.6 Å². The quantitative estimate of drug-likeness (QED) is 0.774. The van der Waals surface area contributed by atoms with Crippen molar-refractivity contribution >= 4 is 27.5 Å². The standard InChI is InChI=1S/C10H7BrClFN2/c11-7-1-2-9(13)10(5-7)15-4-3-8(6-12)14-15/h1-5H,6H2. The minimum atomic E-state index is -0.317. The first-order chi connectivity index (χ1) is 7.20. The number of aromatic nitrogens is 2. The van der Waals surface area contributed by atoms with Crippen molar-refractivity contribution in [3.8, 4) is 5.69 Å². The van der Waals surface area contributed by atoms with Crippen LogP contribution in [0.1, 0.15) is 5.69 Å². The highest BCUT2D eigenvalue weighted by molar-refractivity contribution is 9.10. The van der Waals surface area contributed by atoms with Crippen LogP contribution in [0.4, 0.5) is 4.39 Å². The molecule has 1 heterocycles. The molecule has 0 saturated carbocycles. The van der Waals surface area contributed by atoms with Gasteiger partial charge in [-0.3, -0.25) is 0 Å². The predicted molar refractivity (Wildman–Crippen MR) is 60.8 cm³/mol. The highest BCUT2D eigenvalue weighted by Gasteiger charge is 2.06. The van der Waals surface area contributed by atoms with Crippen molar-refractivity contribution in [3.63, 3.8) is 0 Å². The molecular weight excluding hydrogens is 282 g/mol. The van der Waals surface area contributed by atoms with Crippen molar-refractivity contribution < 1.29 is 4.39 Å². The van der Waals surface area contributed by atoms with Crippen molar-refractivity contribution in [2.45, 2.75) is 5.88 Å². The third-order valence-electron chi connectivity index (χ3n) is 1.94. The van der Waals surface area contributed by atoms with E-state index in [-0.39, 0.29) is 5.82 Å². The molecule has 0 radical (unpaired) electrons. The smallest absolute Gasteiger partial charge is 0.148 e. The summed E-state index contributed by atoms with van der Waals surface area (Å²) in [5.74, 6) is 0.00484. The minimum Gasteiger partial charge on any atom is -0.238 e. The Morgan fingerprint density at radius 3 is 2.87 bits per heavy atom. The SMILES string of the molecule is Fc1ccc(Br)cc1-n1ccc(CCl)n1. The summed E-state index contributed by atoms with van der Waals surface area (Å²) in [6.07, 6.45) is 1.68. The summed E-state index contributed by atoms with van der Waals surface area (Å²) in [4.78, 5) is 0. The Kier molecular flexibility index (Phi) is 3.07. The lowest BCUT2D eigenvalue weighted by Crippen LogP contribution is -1.98. The van der Waals surface area contributed by atoms with Gasteiger partial charge in [-0.1, -0.05) is 15.9 Å². The van der Waals surface area contributed by atoms with Crippen molar-refractivity contribution in [2.24, 2.45) is 0 Å². The summed E-state index contributed by atoms with van der Waals surface area (Å²) in [6.45, 7) is 0. The van der Waals surface area contributed by atoms with E-state index in [0.29, 0.717) is 11.6 Å². The van der Waals surface area contributed by atoms with E-state index in [1.165, 1.54) is 10.7 Å². The number of halogens is 3. The predicted octanol–water partition coefficient (Wildman–Crippen LogP) is 3.51. The molecule has 0 aliphatic carbocycles. The lowest BCUT2D eigenvalue weighted by molar-refractivity contribution is 0.610. The summed E-state index contributed by atoms with van der Waals surface area (Å²) in [5.41, 5.74) is 1.12. The topological polar surface area (TPSA) is 17.8 Å². The van der Waals surface area contributed by atoms with Crippen LogP contribution in [-0.4, -0.2) is 9.78 Å². The maximum atomic E-state index is 13.5. The van der Waals surface area contributed by atoms with Gasteiger partial charge in [-0.25, -0.2) is 9.07 Å². The van der Waals surface area contributed by atoms with Crippen LogP contribution in [0.15, 0.2) is 34.9 Å². The van der Waals surface area contributed by atoms with Gasteiger partial charge in [-0.15, -0.1) is 11.6 Å². The maximum Gasteiger partial charge on any atom is 0.148 e. The highest BCUT2D eigenvalue weighted by Crippen LogP contribution is 2.19. The Balaban J connectivity index is 2.48. The monoisotopic (exact) mass is 288 g/mol.